The first kappa shape index (κ1) is 15.0. The van der Waals surface area contributed by atoms with Crippen LogP contribution >= 0.6 is 0 Å². The van der Waals surface area contributed by atoms with Crippen LogP contribution in [0.5, 0.6) is 0 Å². The van der Waals surface area contributed by atoms with Gasteiger partial charge in [-0.05, 0) is 25.0 Å². The van der Waals surface area contributed by atoms with E-state index in [0.717, 1.165) is 37.4 Å². The second kappa shape index (κ2) is 8.04. The van der Waals surface area contributed by atoms with Crippen molar-refractivity contribution in [2.24, 2.45) is 0 Å². The van der Waals surface area contributed by atoms with E-state index < -0.39 is 0 Å². The molecule has 1 amide bonds. The zero-order valence-electron chi connectivity index (χ0n) is 12.2. The number of rotatable bonds is 8. The Hall–Kier alpha value is -2.37. The van der Waals surface area contributed by atoms with Crippen molar-refractivity contribution in [1.82, 2.24) is 20.3 Å². The molecular weight excluding hydrogens is 266 g/mol. The molecule has 6 heteroatoms. The standard InChI is InChI=1S/C15H21N5O/c1-2-8-16-14-6-3-5-12(20-14)15(21)19-9-4-7-13-17-10-11-18-13/h3,5-6,10-11H,2,4,7-9H2,1H3,(H,16,20)(H,17,18)(H,19,21). The van der Waals surface area contributed by atoms with Crippen LogP contribution in [0, 0.1) is 0 Å². The van der Waals surface area contributed by atoms with Crippen molar-refractivity contribution in [3.63, 3.8) is 0 Å². The van der Waals surface area contributed by atoms with Crippen molar-refractivity contribution < 1.29 is 4.79 Å². The maximum absolute atomic E-state index is 12.0. The summed E-state index contributed by atoms with van der Waals surface area (Å²) in [4.78, 5) is 23.5. The van der Waals surface area contributed by atoms with E-state index in [1.165, 1.54) is 0 Å². The lowest BCUT2D eigenvalue weighted by Crippen LogP contribution is -2.26. The molecule has 2 aromatic heterocycles. The summed E-state index contributed by atoms with van der Waals surface area (Å²) in [5, 5.41) is 6.05. The molecule has 0 saturated carbocycles. The van der Waals surface area contributed by atoms with Gasteiger partial charge in [0, 0.05) is 31.9 Å². The lowest BCUT2D eigenvalue weighted by Gasteiger charge is -2.07. The summed E-state index contributed by atoms with van der Waals surface area (Å²) in [5.74, 6) is 1.53. The van der Waals surface area contributed by atoms with Crippen LogP contribution in [0.2, 0.25) is 0 Å². The summed E-state index contributed by atoms with van der Waals surface area (Å²) in [7, 11) is 0. The van der Waals surface area contributed by atoms with Gasteiger partial charge in [0.2, 0.25) is 0 Å². The summed E-state index contributed by atoms with van der Waals surface area (Å²) < 4.78 is 0. The van der Waals surface area contributed by atoms with Gasteiger partial charge in [-0.2, -0.15) is 0 Å². The Balaban J connectivity index is 1.77. The van der Waals surface area contributed by atoms with Crippen molar-refractivity contribution in [2.45, 2.75) is 26.2 Å². The van der Waals surface area contributed by atoms with Crippen LogP contribution in [0.3, 0.4) is 0 Å². The van der Waals surface area contributed by atoms with Crippen LogP contribution in [0.1, 0.15) is 36.1 Å². The summed E-state index contributed by atoms with van der Waals surface area (Å²) >= 11 is 0. The lowest BCUT2D eigenvalue weighted by atomic mass is 10.3. The number of carbonyl (C=O) groups excluding carboxylic acids is 1. The van der Waals surface area contributed by atoms with Gasteiger partial charge in [-0.15, -0.1) is 0 Å². The normalized spacial score (nSPS) is 10.3. The predicted octanol–water partition coefficient (Wildman–Crippen LogP) is 1.99. The number of carbonyl (C=O) groups is 1. The quantitative estimate of drug-likeness (QED) is 0.648. The van der Waals surface area contributed by atoms with Gasteiger partial charge in [-0.1, -0.05) is 13.0 Å². The fourth-order valence-electron chi connectivity index (χ4n) is 1.90. The first-order valence-electron chi connectivity index (χ1n) is 7.27. The number of hydrogen-bond donors (Lipinski definition) is 3. The molecule has 2 heterocycles. The molecule has 0 spiro atoms. The number of H-pyrrole nitrogens is 1. The number of aryl methyl sites for hydroxylation is 1. The van der Waals surface area contributed by atoms with E-state index >= 15 is 0 Å². The van der Waals surface area contributed by atoms with Gasteiger partial charge in [0.05, 0.1) is 0 Å². The molecule has 6 nitrogen and oxygen atoms in total. The number of nitrogens with zero attached hydrogens (tertiary/aromatic N) is 2. The van der Waals surface area contributed by atoms with E-state index in [2.05, 4.69) is 32.5 Å². The highest BCUT2D eigenvalue weighted by Crippen LogP contribution is 2.05. The third kappa shape index (κ3) is 4.91. The number of imidazole rings is 1. The third-order valence-electron chi connectivity index (χ3n) is 2.97. The molecule has 0 fully saturated rings. The van der Waals surface area contributed by atoms with Crippen LogP contribution in [-0.4, -0.2) is 33.9 Å². The highest BCUT2D eigenvalue weighted by atomic mass is 16.1. The summed E-state index contributed by atoms with van der Waals surface area (Å²) in [6.45, 7) is 3.54. The van der Waals surface area contributed by atoms with Gasteiger partial charge < -0.3 is 15.6 Å². The number of hydrogen-bond acceptors (Lipinski definition) is 4. The van der Waals surface area contributed by atoms with E-state index in [1.54, 1.807) is 18.5 Å². The fourth-order valence-corrected chi connectivity index (χ4v) is 1.90. The molecule has 0 unspecified atom stereocenters. The Bertz CT molecular complexity index is 553. The largest absolute Gasteiger partial charge is 0.370 e. The van der Waals surface area contributed by atoms with Gasteiger partial charge in [-0.25, -0.2) is 9.97 Å². The average Bonchev–Trinajstić information content (AvgIpc) is 3.03. The number of aromatic amines is 1. The fraction of sp³-hybridized carbons (Fsp3) is 0.400. The van der Waals surface area contributed by atoms with Crippen molar-refractivity contribution in [1.29, 1.82) is 0 Å². The molecule has 2 rings (SSSR count). The Labute approximate surface area is 124 Å². The Morgan fingerprint density at radius 3 is 3.00 bits per heavy atom. The minimum Gasteiger partial charge on any atom is -0.370 e. The first-order valence-corrected chi connectivity index (χ1v) is 7.27. The summed E-state index contributed by atoms with van der Waals surface area (Å²) in [5.41, 5.74) is 0.439. The van der Waals surface area contributed by atoms with Crippen LogP contribution in [0.15, 0.2) is 30.6 Å². The highest BCUT2D eigenvalue weighted by Gasteiger charge is 2.07. The minimum atomic E-state index is -0.144. The molecule has 0 aliphatic rings. The van der Waals surface area contributed by atoms with Crippen molar-refractivity contribution in [3.8, 4) is 0 Å². The zero-order valence-corrected chi connectivity index (χ0v) is 12.2. The van der Waals surface area contributed by atoms with E-state index in [1.807, 2.05) is 12.1 Å². The van der Waals surface area contributed by atoms with E-state index in [9.17, 15) is 4.79 Å². The van der Waals surface area contributed by atoms with Gasteiger partial charge in [-0.3, -0.25) is 4.79 Å². The van der Waals surface area contributed by atoms with Crippen LogP contribution in [-0.2, 0) is 6.42 Å². The second-order valence-corrected chi connectivity index (χ2v) is 4.73. The van der Waals surface area contributed by atoms with Crippen molar-refractivity contribution in [2.75, 3.05) is 18.4 Å². The van der Waals surface area contributed by atoms with Crippen LogP contribution in [0.25, 0.3) is 0 Å². The molecule has 2 aromatic rings. The topological polar surface area (TPSA) is 82.7 Å². The predicted molar refractivity (Wildman–Crippen MR) is 82.3 cm³/mol. The SMILES string of the molecule is CCCNc1cccc(C(=O)NCCCc2ncc[nH]2)n1. The number of aromatic nitrogens is 3. The number of nitrogens with one attached hydrogen (secondary N) is 3. The minimum absolute atomic E-state index is 0.144. The number of amides is 1. The van der Waals surface area contributed by atoms with Gasteiger partial charge >= 0.3 is 0 Å². The van der Waals surface area contributed by atoms with Gasteiger partial charge in [0.15, 0.2) is 0 Å². The maximum atomic E-state index is 12.0. The molecule has 21 heavy (non-hydrogen) atoms. The summed E-state index contributed by atoms with van der Waals surface area (Å²) in [6.07, 6.45) is 6.20. The summed E-state index contributed by atoms with van der Waals surface area (Å²) in [6, 6.07) is 5.42. The molecule has 0 aliphatic heterocycles. The molecule has 0 radical (unpaired) electrons. The number of anilines is 1. The lowest BCUT2D eigenvalue weighted by molar-refractivity contribution is 0.0948. The molecule has 0 bridgehead atoms. The Kier molecular flexibility index (Phi) is 5.75. The highest BCUT2D eigenvalue weighted by molar-refractivity contribution is 5.92. The second-order valence-electron chi connectivity index (χ2n) is 4.73. The molecular formula is C15H21N5O. The first-order chi connectivity index (χ1) is 10.3. The molecule has 112 valence electrons. The average molecular weight is 287 g/mol. The van der Waals surface area contributed by atoms with Crippen molar-refractivity contribution >= 4 is 11.7 Å². The number of pyridine rings is 1. The molecule has 0 saturated heterocycles. The Morgan fingerprint density at radius 2 is 2.24 bits per heavy atom. The van der Waals surface area contributed by atoms with E-state index in [4.69, 9.17) is 0 Å². The third-order valence-corrected chi connectivity index (χ3v) is 2.97. The van der Waals surface area contributed by atoms with Crippen LogP contribution in [0.4, 0.5) is 5.82 Å². The molecule has 0 aromatic carbocycles. The molecule has 0 atom stereocenters. The van der Waals surface area contributed by atoms with Gasteiger partial charge in [0.1, 0.15) is 17.3 Å². The van der Waals surface area contributed by atoms with Crippen LogP contribution < -0.4 is 10.6 Å². The molecule has 3 N–H and O–H groups in total. The Morgan fingerprint density at radius 1 is 1.33 bits per heavy atom. The van der Waals surface area contributed by atoms with E-state index in [0.29, 0.717) is 12.2 Å². The monoisotopic (exact) mass is 287 g/mol. The smallest absolute Gasteiger partial charge is 0.269 e. The maximum Gasteiger partial charge on any atom is 0.269 e. The van der Waals surface area contributed by atoms with Gasteiger partial charge in [0.25, 0.3) is 5.91 Å². The van der Waals surface area contributed by atoms with Crippen molar-refractivity contribution in [3.05, 3.63) is 42.1 Å². The zero-order chi connectivity index (χ0) is 14.9. The molecule has 0 aliphatic carbocycles. The van der Waals surface area contributed by atoms with E-state index in [-0.39, 0.29) is 5.91 Å².